The SMILES string of the molecule is CN1CCN(C)C1=O.COCCOCCOC. The first kappa shape index (κ1) is 16.1. The van der Waals surface area contributed by atoms with Crippen LogP contribution in [-0.4, -0.2) is 83.7 Å². The quantitative estimate of drug-likeness (QED) is 0.634. The first-order chi connectivity index (χ1) is 8.13. The molecule has 0 spiro atoms. The topological polar surface area (TPSA) is 51.2 Å². The van der Waals surface area contributed by atoms with Crippen molar-refractivity contribution in [2.24, 2.45) is 0 Å². The van der Waals surface area contributed by atoms with Gasteiger partial charge in [0.1, 0.15) is 0 Å². The van der Waals surface area contributed by atoms with Crippen LogP contribution in [0.5, 0.6) is 0 Å². The molecule has 102 valence electrons. The maximum atomic E-state index is 10.8. The van der Waals surface area contributed by atoms with E-state index in [2.05, 4.69) is 0 Å². The van der Waals surface area contributed by atoms with Gasteiger partial charge in [-0.25, -0.2) is 4.79 Å². The molecule has 1 fully saturated rings. The first-order valence-electron chi connectivity index (χ1n) is 5.65. The molecule has 1 saturated heterocycles. The van der Waals surface area contributed by atoms with Gasteiger partial charge in [0.15, 0.2) is 0 Å². The maximum absolute atomic E-state index is 10.8. The highest BCUT2D eigenvalue weighted by molar-refractivity contribution is 5.75. The Morgan fingerprint density at radius 3 is 1.59 bits per heavy atom. The van der Waals surface area contributed by atoms with E-state index in [0.29, 0.717) is 26.4 Å². The average molecular weight is 248 g/mol. The number of likely N-dealkylation sites (N-methyl/N-ethyl adjacent to an activating group) is 2. The fraction of sp³-hybridized carbons (Fsp3) is 0.909. The van der Waals surface area contributed by atoms with E-state index in [1.54, 1.807) is 24.0 Å². The van der Waals surface area contributed by atoms with Crippen LogP contribution >= 0.6 is 0 Å². The Hall–Kier alpha value is -0.850. The van der Waals surface area contributed by atoms with Crippen LogP contribution in [0.2, 0.25) is 0 Å². The third-order valence-corrected chi connectivity index (χ3v) is 2.29. The summed E-state index contributed by atoms with van der Waals surface area (Å²) >= 11 is 0. The second kappa shape index (κ2) is 10.3. The van der Waals surface area contributed by atoms with Crippen molar-refractivity contribution in [1.82, 2.24) is 9.80 Å². The number of urea groups is 1. The van der Waals surface area contributed by atoms with Gasteiger partial charge in [0.25, 0.3) is 0 Å². The highest BCUT2D eigenvalue weighted by Gasteiger charge is 2.20. The van der Waals surface area contributed by atoms with E-state index in [4.69, 9.17) is 14.2 Å². The number of amides is 2. The minimum Gasteiger partial charge on any atom is -0.382 e. The summed E-state index contributed by atoms with van der Waals surface area (Å²) < 4.78 is 14.6. The van der Waals surface area contributed by atoms with Gasteiger partial charge in [-0.2, -0.15) is 0 Å². The Kier molecular flexibility index (Phi) is 9.80. The van der Waals surface area contributed by atoms with E-state index < -0.39 is 0 Å². The van der Waals surface area contributed by atoms with Crippen LogP contribution in [0, 0.1) is 0 Å². The zero-order valence-electron chi connectivity index (χ0n) is 11.3. The summed E-state index contributed by atoms with van der Waals surface area (Å²) in [4.78, 5) is 14.2. The van der Waals surface area contributed by atoms with E-state index in [1.807, 2.05) is 14.1 Å². The van der Waals surface area contributed by atoms with Gasteiger partial charge in [-0.1, -0.05) is 0 Å². The van der Waals surface area contributed by atoms with Crippen LogP contribution in [0.15, 0.2) is 0 Å². The summed E-state index contributed by atoms with van der Waals surface area (Å²) in [5.74, 6) is 0. The van der Waals surface area contributed by atoms with Gasteiger partial charge in [-0.15, -0.1) is 0 Å². The fourth-order valence-electron chi connectivity index (χ4n) is 1.17. The standard InChI is InChI=1S/C6H14O3.C5H10N2O/c1-7-3-5-9-6-4-8-2;1-6-3-4-7(2)5(6)8/h3-6H2,1-2H3;3-4H2,1-2H3. The van der Waals surface area contributed by atoms with Crippen molar-refractivity contribution in [3.63, 3.8) is 0 Å². The smallest absolute Gasteiger partial charge is 0.319 e. The molecule has 6 heteroatoms. The number of carbonyl (C=O) groups excluding carboxylic acids is 1. The van der Waals surface area contributed by atoms with Crippen LogP contribution in [0.4, 0.5) is 4.79 Å². The lowest BCUT2D eigenvalue weighted by Gasteiger charge is -2.07. The van der Waals surface area contributed by atoms with Gasteiger partial charge in [0.2, 0.25) is 0 Å². The molecule has 1 aliphatic rings. The molecule has 0 aromatic carbocycles. The molecular weight excluding hydrogens is 224 g/mol. The summed E-state index contributed by atoms with van der Waals surface area (Å²) in [6.07, 6.45) is 0. The van der Waals surface area contributed by atoms with Crippen molar-refractivity contribution in [1.29, 1.82) is 0 Å². The Balaban J connectivity index is 0.000000302. The summed E-state index contributed by atoms with van der Waals surface area (Å²) in [5.41, 5.74) is 0. The predicted octanol–water partition coefficient (Wildman–Crippen LogP) is 0.279. The molecule has 1 aliphatic heterocycles. The minimum absolute atomic E-state index is 0.130. The minimum atomic E-state index is 0.130. The van der Waals surface area contributed by atoms with Crippen LogP contribution in [0.1, 0.15) is 0 Å². The highest BCUT2D eigenvalue weighted by Crippen LogP contribution is 2.00. The number of ether oxygens (including phenoxy) is 3. The molecule has 0 radical (unpaired) electrons. The molecule has 1 rings (SSSR count). The fourth-order valence-corrected chi connectivity index (χ4v) is 1.17. The third-order valence-electron chi connectivity index (χ3n) is 2.29. The summed E-state index contributed by atoms with van der Waals surface area (Å²) in [6, 6.07) is 0.130. The molecule has 17 heavy (non-hydrogen) atoms. The molecular formula is C11H24N2O4. The number of methoxy groups -OCH3 is 2. The third kappa shape index (κ3) is 7.95. The average Bonchev–Trinajstić information content (AvgIpc) is 2.61. The Morgan fingerprint density at radius 2 is 1.35 bits per heavy atom. The number of carbonyl (C=O) groups is 1. The molecule has 0 aromatic rings. The molecule has 6 nitrogen and oxygen atoms in total. The normalized spacial score (nSPS) is 14.9. The van der Waals surface area contributed by atoms with Crippen molar-refractivity contribution in [2.75, 3.05) is 67.8 Å². The molecule has 1 heterocycles. The number of nitrogens with zero attached hydrogens (tertiary/aromatic N) is 2. The van der Waals surface area contributed by atoms with Gasteiger partial charge < -0.3 is 24.0 Å². The lowest BCUT2D eigenvalue weighted by atomic mass is 10.6. The highest BCUT2D eigenvalue weighted by atomic mass is 16.5. The maximum Gasteiger partial charge on any atom is 0.319 e. The lowest BCUT2D eigenvalue weighted by molar-refractivity contribution is 0.0385. The monoisotopic (exact) mass is 248 g/mol. The second-order valence-electron chi connectivity index (χ2n) is 3.72. The van der Waals surface area contributed by atoms with Gasteiger partial charge >= 0.3 is 6.03 Å². The van der Waals surface area contributed by atoms with E-state index in [9.17, 15) is 4.79 Å². The number of rotatable bonds is 6. The summed E-state index contributed by atoms with van der Waals surface area (Å²) in [7, 11) is 6.93. The predicted molar refractivity (Wildman–Crippen MR) is 65.2 cm³/mol. The molecule has 0 saturated carbocycles. The van der Waals surface area contributed by atoms with Gasteiger partial charge in [0, 0.05) is 41.4 Å². The number of hydrogen-bond donors (Lipinski definition) is 0. The molecule has 0 aromatic heterocycles. The summed E-state index contributed by atoms with van der Waals surface area (Å²) in [6.45, 7) is 4.36. The van der Waals surface area contributed by atoms with Crippen molar-refractivity contribution < 1.29 is 19.0 Å². The Labute approximate surface area is 103 Å². The van der Waals surface area contributed by atoms with Crippen LogP contribution in [0.3, 0.4) is 0 Å². The van der Waals surface area contributed by atoms with E-state index in [0.717, 1.165) is 13.1 Å². The molecule has 0 aliphatic carbocycles. The Morgan fingerprint density at radius 1 is 0.941 bits per heavy atom. The second-order valence-corrected chi connectivity index (χ2v) is 3.72. The molecule has 0 bridgehead atoms. The molecule has 0 atom stereocenters. The van der Waals surface area contributed by atoms with Crippen LogP contribution < -0.4 is 0 Å². The number of hydrogen-bond acceptors (Lipinski definition) is 4. The Bertz CT molecular complexity index is 184. The van der Waals surface area contributed by atoms with Crippen molar-refractivity contribution in [3.05, 3.63) is 0 Å². The van der Waals surface area contributed by atoms with Gasteiger partial charge in [-0.3, -0.25) is 0 Å². The van der Waals surface area contributed by atoms with Crippen molar-refractivity contribution in [2.45, 2.75) is 0 Å². The molecule has 0 unspecified atom stereocenters. The zero-order valence-corrected chi connectivity index (χ0v) is 11.3. The van der Waals surface area contributed by atoms with Gasteiger partial charge in [-0.05, 0) is 0 Å². The molecule has 2 amide bonds. The first-order valence-corrected chi connectivity index (χ1v) is 5.65. The summed E-state index contributed by atoms with van der Waals surface area (Å²) in [5, 5.41) is 0. The van der Waals surface area contributed by atoms with Crippen molar-refractivity contribution in [3.8, 4) is 0 Å². The van der Waals surface area contributed by atoms with E-state index in [-0.39, 0.29) is 6.03 Å². The van der Waals surface area contributed by atoms with Gasteiger partial charge in [0.05, 0.1) is 26.4 Å². The van der Waals surface area contributed by atoms with Crippen molar-refractivity contribution >= 4 is 6.03 Å². The largest absolute Gasteiger partial charge is 0.382 e. The zero-order chi connectivity index (χ0) is 13.1. The van der Waals surface area contributed by atoms with Crippen LogP contribution in [-0.2, 0) is 14.2 Å². The van der Waals surface area contributed by atoms with E-state index in [1.165, 1.54) is 0 Å². The lowest BCUT2D eigenvalue weighted by Crippen LogP contribution is -2.25. The van der Waals surface area contributed by atoms with Crippen LogP contribution in [0.25, 0.3) is 0 Å². The molecule has 0 N–H and O–H groups in total. The van der Waals surface area contributed by atoms with E-state index >= 15 is 0 Å².